The molecule has 1 fully saturated rings. The second kappa shape index (κ2) is 3.38. The van der Waals surface area contributed by atoms with Gasteiger partial charge in [0, 0.05) is 0 Å². The smallest absolute Gasteiger partial charge is 0.00460 e. The molecule has 1 heteroatoms. The summed E-state index contributed by atoms with van der Waals surface area (Å²) in [6.07, 6.45) is 4.10. The third-order valence-electron chi connectivity index (χ3n) is 2.93. The van der Waals surface area contributed by atoms with Crippen LogP contribution in [-0.4, -0.2) is 6.54 Å². The first-order valence-corrected chi connectivity index (χ1v) is 4.53. The van der Waals surface area contributed by atoms with Crippen LogP contribution in [-0.2, 0) is 0 Å². The summed E-state index contributed by atoms with van der Waals surface area (Å²) in [5, 5.41) is 0. The van der Waals surface area contributed by atoms with Gasteiger partial charge in [-0.25, -0.2) is 0 Å². The van der Waals surface area contributed by atoms with E-state index in [9.17, 15) is 0 Å². The average Bonchev–Trinajstić information content (AvgIpc) is 2.70. The fourth-order valence-corrected chi connectivity index (χ4v) is 2.01. The zero-order chi connectivity index (χ0) is 7.56. The lowest BCUT2D eigenvalue weighted by atomic mass is 9.96. The van der Waals surface area contributed by atoms with Gasteiger partial charge in [0.1, 0.15) is 0 Å². The molecule has 1 rings (SSSR count). The van der Waals surface area contributed by atoms with Crippen LogP contribution in [0.4, 0.5) is 0 Å². The average molecular weight is 141 g/mol. The molecule has 2 N–H and O–H groups in total. The lowest BCUT2D eigenvalue weighted by Crippen LogP contribution is -2.07. The largest absolute Gasteiger partial charge is 0.330 e. The van der Waals surface area contributed by atoms with E-state index in [1.807, 2.05) is 0 Å². The predicted octanol–water partition coefficient (Wildman–Crippen LogP) is 2.02. The van der Waals surface area contributed by atoms with E-state index < -0.39 is 0 Å². The van der Waals surface area contributed by atoms with E-state index in [0.29, 0.717) is 0 Å². The molecule has 1 aliphatic carbocycles. The van der Waals surface area contributed by atoms with Crippen LogP contribution in [0.1, 0.15) is 33.1 Å². The molecule has 1 aliphatic rings. The van der Waals surface area contributed by atoms with Gasteiger partial charge in [-0.15, -0.1) is 0 Å². The Kier molecular flexibility index (Phi) is 2.72. The fraction of sp³-hybridized carbons (Fsp3) is 1.00. The predicted molar refractivity (Wildman–Crippen MR) is 44.7 cm³/mol. The van der Waals surface area contributed by atoms with E-state index in [4.69, 9.17) is 5.73 Å². The Bertz CT molecular complexity index is 96.9. The highest BCUT2D eigenvalue weighted by atomic mass is 14.6. The summed E-state index contributed by atoms with van der Waals surface area (Å²) in [7, 11) is 0. The number of rotatable bonds is 4. The second-order valence-corrected chi connectivity index (χ2v) is 3.47. The maximum Gasteiger partial charge on any atom is -0.00460 e. The Morgan fingerprint density at radius 3 is 2.30 bits per heavy atom. The van der Waals surface area contributed by atoms with Crippen LogP contribution in [0.5, 0.6) is 0 Å². The van der Waals surface area contributed by atoms with Crippen molar-refractivity contribution in [3.05, 3.63) is 0 Å². The van der Waals surface area contributed by atoms with Gasteiger partial charge in [-0.1, -0.05) is 26.7 Å². The Hall–Kier alpha value is -0.0400. The van der Waals surface area contributed by atoms with Gasteiger partial charge in [0.05, 0.1) is 0 Å². The van der Waals surface area contributed by atoms with Crippen molar-refractivity contribution in [3.8, 4) is 0 Å². The van der Waals surface area contributed by atoms with Gasteiger partial charge in [0.2, 0.25) is 0 Å². The van der Waals surface area contributed by atoms with Crippen molar-refractivity contribution >= 4 is 0 Å². The molecule has 1 saturated carbocycles. The maximum absolute atomic E-state index is 5.57. The monoisotopic (exact) mass is 141 g/mol. The van der Waals surface area contributed by atoms with Gasteiger partial charge in [-0.3, -0.25) is 0 Å². The standard InChI is InChI=1S/C9H19N/c1-3-7(4-2)9-5-8(9)6-10/h7-9H,3-6,10H2,1-2H3. The number of nitrogens with two attached hydrogens (primary N) is 1. The highest BCUT2D eigenvalue weighted by molar-refractivity contribution is 4.90. The van der Waals surface area contributed by atoms with Crippen LogP contribution in [0.25, 0.3) is 0 Å². The van der Waals surface area contributed by atoms with Crippen LogP contribution >= 0.6 is 0 Å². The van der Waals surface area contributed by atoms with Crippen LogP contribution in [0, 0.1) is 17.8 Å². The maximum atomic E-state index is 5.57. The molecule has 2 atom stereocenters. The fourth-order valence-electron chi connectivity index (χ4n) is 2.01. The molecule has 0 aliphatic heterocycles. The molecule has 0 saturated heterocycles. The topological polar surface area (TPSA) is 26.0 Å². The Morgan fingerprint density at radius 2 is 2.00 bits per heavy atom. The van der Waals surface area contributed by atoms with Crippen molar-refractivity contribution in [1.29, 1.82) is 0 Å². The molecule has 10 heavy (non-hydrogen) atoms. The first kappa shape index (κ1) is 8.06. The van der Waals surface area contributed by atoms with Crippen LogP contribution in [0.2, 0.25) is 0 Å². The van der Waals surface area contributed by atoms with Crippen LogP contribution in [0.3, 0.4) is 0 Å². The van der Waals surface area contributed by atoms with Crippen molar-refractivity contribution in [1.82, 2.24) is 0 Å². The molecule has 0 heterocycles. The summed E-state index contributed by atoms with van der Waals surface area (Å²) >= 11 is 0. The summed E-state index contributed by atoms with van der Waals surface area (Å²) in [6.45, 7) is 5.50. The van der Waals surface area contributed by atoms with E-state index in [1.165, 1.54) is 19.3 Å². The van der Waals surface area contributed by atoms with E-state index in [0.717, 1.165) is 24.3 Å². The summed E-state index contributed by atoms with van der Waals surface area (Å²) in [5.41, 5.74) is 5.57. The molecule has 0 aromatic rings. The van der Waals surface area contributed by atoms with Crippen molar-refractivity contribution in [2.24, 2.45) is 23.5 Å². The molecule has 60 valence electrons. The van der Waals surface area contributed by atoms with E-state index in [1.54, 1.807) is 0 Å². The first-order valence-electron chi connectivity index (χ1n) is 4.53. The molecular weight excluding hydrogens is 122 g/mol. The number of hydrogen-bond donors (Lipinski definition) is 1. The molecule has 0 spiro atoms. The summed E-state index contributed by atoms with van der Waals surface area (Å²) < 4.78 is 0. The quantitative estimate of drug-likeness (QED) is 0.637. The van der Waals surface area contributed by atoms with Crippen molar-refractivity contribution in [3.63, 3.8) is 0 Å². The molecule has 0 bridgehead atoms. The molecule has 0 aromatic heterocycles. The second-order valence-electron chi connectivity index (χ2n) is 3.47. The zero-order valence-corrected chi connectivity index (χ0v) is 7.14. The van der Waals surface area contributed by atoms with Gasteiger partial charge < -0.3 is 5.73 Å². The van der Waals surface area contributed by atoms with E-state index in [2.05, 4.69) is 13.8 Å². The molecule has 0 radical (unpaired) electrons. The molecule has 0 amide bonds. The van der Waals surface area contributed by atoms with Crippen molar-refractivity contribution in [2.75, 3.05) is 6.54 Å². The first-order chi connectivity index (χ1) is 4.83. The minimum atomic E-state index is 0.880. The molecule has 2 unspecified atom stereocenters. The highest BCUT2D eigenvalue weighted by Crippen LogP contribution is 2.45. The van der Waals surface area contributed by atoms with Gasteiger partial charge in [-0.05, 0) is 30.7 Å². The number of hydrogen-bond acceptors (Lipinski definition) is 1. The highest BCUT2D eigenvalue weighted by Gasteiger charge is 2.39. The zero-order valence-electron chi connectivity index (χ0n) is 7.14. The normalized spacial score (nSPS) is 31.2. The summed E-state index contributed by atoms with van der Waals surface area (Å²) in [6, 6.07) is 0. The van der Waals surface area contributed by atoms with Gasteiger partial charge in [0.15, 0.2) is 0 Å². The van der Waals surface area contributed by atoms with Crippen molar-refractivity contribution in [2.45, 2.75) is 33.1 Å². The van der Waals surface area contributed by atoms with Gasteiger partial charge in [-0.2, -0.15) is 0 Å². The Morgan fingerprint density at radius 1 is 1.40 bits per heavy atom. The lowest BCUT2D eigenvalue weighted by Gasteiger charge is -2.10. The lowest BCUT2D eigenvalue weighted by molar-refractivity contribution is 0.410. The Balaban J connectivity index is 2.22. The van der Waals surface area contributed by atoms with Gasteiger partial charge in [0.25, 0.3) is 0 Å². The van der Waals surface area contributed by atoms with Crippen LogP contribution < -0.4 is 5.73 Å². The summed E-state index contributed by atoms with van der Waals surface area (Å²) in [5.74, 6) is 2.83. The van der Waals surface area contributed by atoms with Gasteiger partial charge >= 0.3 is 0 Å². The summed E-state index contributed by atoms with van der Waals surface area (Å²) in [4.78, 5) is 0. The minimum absolute atomic E-state index is 0.880. The third-order valence-corrected chi connectivity index (χ3v) is 2.93. The SMILES string of the molecule is CCC(CC)C1CC1CN. The van der Waals surface area contributed by atoms with E-state index >= 15 is 0 Å². The molecular formula is C9H19N. The Labute approximate surface area is 64.0 Å². The van der Waals surface area contributed by atoms with Crippen LogP contribution in [0.15, 0.2) is 0 Å². The third kappa shape index (κ3) is 1.51. The minimum Gasteiger partial charge on any atom is -0.330 e. The van der Waals surface area contributed by atoms with E-state index in [-0.39, 0.29) is 0 Å². The molecule has 1 nitrogen and oxygen atoms in total. The molecule has 0 aromatic carbocycles. The van der Waals surface area contributed by atoms with Crippen molar-refractivity contribution < 1.29 is 0 Å².